The van der Waals surface area contributed by atoms with E-state index in [0.717, 1.165) is 39.3 Å². The van der Waals surface area contributed by atoms with Crippen molar-refractivity contribution in [3.05, 3.63) is 217 Å². The average molecular weight is 690 g/mol. The molecule has 1 aliphatic rings. The Labute approximate surface area is 314 Å². The van der Waals surface area contributed by atoms with Crippen LogP contribution in [0.3, 0.4) is 0 Å². The number of rotatable bonds is 6. The van der Waals surface area contributed by atoms with Gasteiger partial charge in [-0.1, -0.05) is 158 Å². The first-order chi connectivity index (χ1) is 26.7. The van der Waals surface area contributed by atoms with Crippen LogP contribution in [0.4, 0.5) is 0 Å². The van der Waals surface area contributed by atoms with Gasteiger partial charge in [0.1, 0.15) is 5.84 Å². The van der Waals surface area contributed by atoms with Gasteiger partial charge >= 0.3 is 0 Å². The number of pyridine rings is 1. The Bertz CT molecular complexity index is 2890. The molecule has 0 spiro atoms. The lowest BCUT2D eigenvalue weighted by atomic mass is 9.92. The quantitative estimate of drug-likeness (QED) is 0.176. The van der Waals surface area contributed by atoms with Crippen molar-refractivity contribution in [2.45, 2.75) is 6.04 Å². The zero-order chi connectivity index (χ0) is 35.8. The van der Waals surface area contributed by atoms with Crippen LogP contribution in [-0.2, 0) is 0 Å². The summed E-state index contributed by atoms with van der Waals surface area (Å²) in [7, 11) is 0. The lowest BCUT2D eigenvalue weighted by Gasteiger charge is -2.25. The molecule has 1 aromatic heterocycles. The molecule has 1 aliphatic heterocycles. The highest BCUT2D eigenvalue weighted by Crippen LogP contribution is 2.36. The fraction of sp³-hybridized carbons (Fsp3) is 0.0196. The fourth-order valence-electron chi connectivity index (χ4n) is 7.77. The van der Waals surface area contributed by atoms with Crippen LogP contribution in [0.2, 0.25) is 0 Å². The molecule has 254 valence electrons. The number of fused-ring (bicyclic) bond motifs is 4. The molecular formula is C51H35N3. The minimum absolute atomic E-state index is 0.0821. The number of nitrogens with zero attached hydrogens (tertiary/aromatic N) is 2. The van der Waals surface area contributed by atoms with Crippen molar-refractivity contribution < 1.29 is 0 Å². The summed E-state index contributed by atoms with van der Waals surface area (Å²) < 4.78 is 0. The van der Waals surface area contributed by atoms with Crippen molar-refractivity contribution in [2.24, 2.45) is 4.99 Å². The minimum atomic E-state index is -0.0821. The van der Waals surface area contributed by atoms with Gasteiger partial charge in [-0.05, 0) is 107 Å². The van der Waals surface area contributed by atoms with Gasteiger partial charge in [-0.2, -0.15) is 0 Å². The summed E-state index contributed by atoms with van der Waals surface area (Å²) in [4.78, 5) is 9.61. The van der Waals surface area contributed by atoms with Gasteiger partial charge < -0.3 is 5.32 Å². The fourth-order valence-corrected chi connectivity index (χ4v) is 7.77. The first-order valence-corrected chi connectivity index (χ1v) is 18.4. The molecule has 0 aliphatic carbocycles. The number of aromatic nitrogens is 1. The number of benzene rings is 8. The van der Waals surface area contributed by atoms with Crippen molar-refractivity contribution in [2.75, 3.05) is 0 Å². The molecule has 54 heavy (non-hydrogen) atoms. The average Bonchev–Trinajstić information content (AvgIpc) is 3.26. The van der Waals surface area contributed by atoms with E-state index in [-0.39, 0.29) is 6.04 Å². The normalized spacial score (nSPS) is 14.1. The molecule has 3 nitrogen and oxygen atoms in total. The van der Waals surface area contributed by atoms with E-state index in [4.69, 9.17) is 4.99 Å². The molecule has 1 atom stereocenters. The largest absolute Gasteiger partial charge is 0.359 e. The van der Waals surface area contributed by atoms with Crippen LogP contribution >= 0.6 is 0 Å². The maximum Gasteiger partial charge on any atom is 0.134 e. The Morgan fingerprint density at radius 3 is 1.87 bits per heavy atom. The monoisotopic (exact) mass is 689 g/mol. The topological polar surface area (TPSA) is 37.3 Å². The van der Waals surface area contributed by atoms with Crippen LogP contribution < -0.4 is 5.32 Å². The van der Waals surface area contributed by atoms with Gasteiger partial charge in [-0.15, -0.1) is 0 Å². The number of hydrogen-bond donors (Lipinski definition) is 1. The summed E-state index contributed by atoms with van der Waals surface area (Å²) in [5, 5.41) is 11.3. The Hall–Kier alpha value is -7.10. The van der Waals surface area contributed by atoms with Crippen LogP contribution in [-0.4, -0.2) is 10.8 Å². The predicted molar refractivity (Wildman–Crippen MR) is 226 cm³/mol. The molecule has 10 rings (SSSR count). The van der Waals surface area contributed by atoms with Crippen molar-refractivity contribution >= 4 is 43.9 Å². The standard InChI is InChI=1S/C51H35N3/c1-2-10-39-29-40(27-22-34(39)9-1)35-18-23-37(24-19-35)49-32-50(38-25-20-36(21-26-38)44-14-8-28-52-33-44)54-51(53-49)43-13-7-12-41(30-43)48-31-42-11-3-4-15-45(42)46-16-5-6-17-47(46)48/h1-33,49H,(H,53,54). The van der Waals surface area contributed by atoms with Crippen molar-refractivity contribution in [1.29, 1.82) is 0 Å². The summed E-state index contributed by atoms with van der Waals surface area (Å²) in [5.41, 5.74) is 11.2. The number of hydrogen-bond acceptors (Lipinski definition) is 3. The molecule has 9 aromatic rings. The highest BCUT2D eigenvalue weighted by molar-refractivity contribution is 6.14. The number of amidine groups is 1. The van der Waals surface area contributed by atoms with Crippen LogP contribution in [0.15, 0.2) is 205 Å². The van der Waals surface area contributed by atoms with E-state index >= 15 is 0 Å². The first-order valence-electron chi connectivity index (χ1n) is 18.4. The third kappa shape index (κ3) is 5.92. The number of nitrogens with one attached hydrogen (secondary N) is 1. The van der Waals surface area contributed by atoms with Gasteiger partial charge in [-0.25, -0.2) is 4.99 Å². The maximum absolute atomic E-state index is 5.30. The van der Waals surface area contributed by atoms with E-state index in [0.29, 0.717) is 0 Å². The van der Waals surface area contributed by atoms with Crippen LogP contribution in [0.25, 0.3) is 71.4 Å². The van der Waals surface area contributed by atoms with Crippen molar-refractivity contribution in [3.63, 3.8) is 0 Å². The van der Waals surface area contributed by atoms with Gasteiger partial charge in [0.15, 0.2) is 0 Å². The van der Waals surface area contributed by atoms with E-state index in [1.54, 1.807) is 6.20 Å². The molecule has 1 N–H and O–H groups in total. The Balaban J connectivity index is 1.04. The smallest absolute Gasteiger partial charge is 0.134 e. The molecule has 0 radical (unpaired) electrons. The van der Waals surface area contributed by atoms with E-state index in [9.17, 15) is 0 Å². The number of aliphatic imine (C=N–C) groups is 1. The van der Waals surface area contributed by atoms with E-state index in [1.807, 2.05) is 12.3 Å². The van der Waals surface area contributed by atoms with Gasteiger partial charge in [-0.3, -0.25) is 4.98 Å². The summed E-state index contributed by atoms with van der Waals surface area (Å²) in [6.07, 6.45) is 5.95. The molecule has 2 heterocycles. The summed E-state index contributed by atoms with van der Waals surface area (Å²) in [6, 6.07) is 65.2. The SMILES string of the molecule is C1=C(c2ccc(-c3cccnc3)cc2)N=C(c2cccc(-c3cc4ccccc4c4ccccc34)c2)NC1c1ccc(-c2ccc3ccccc3c2)cc1. The molecule has 0 bridgehead atoms. The lowest BCUT2D eigenvalue weighted by Crippen LogP contribution is -2.31. The van der Waals surface area contributed by atoms with E-state index in [2.05, 4.69) is 192 Å². The second-order valence-corrected chi connectivity index (χ2v) is 13.9. The van der Waals surface area contributed by atoms with Crippen LogP contribution in [0.5, 0.6) is 0 Å². The third-order valence-corrected chi connectivity index (χ3v) is 10.6. The van der Waals surface area contributed by atoms with Crippen LogP contribution in [0.1, 0.15) is 22.7 Å². The molecule has 3 heteroatoms. The highest BCUT2D eigenvalue weighted by atomic mass is 15.0. The zero-order valence-electron chi connectivity index (χ0n) is 29.5. The summed E-state index contributed by atoms with van der Waals surface area (Å²) in [6.45, 7) is 0. The first kappa shape index (κ1) is 31.6. The predicted octanol–water partition coefficient (Wildman–Crippen LogP) is 12.7. The molecule has 8 aromatic carbocycles. The van der Waals surface area contributed by atoms with Crippen molar-refractivity contribution in [3.8, 4) is 33.4 Å². The molecule has 0 saturated heterocycles. The van der Waals surface area contributed by atoms with Gasteiger partial charge in [0.25, 0.3) is 0 Å². The molecular weight excluding hydrogens is 655 g/mol. The third-order valence-electron chi connectivity index (χ3n) is 10.6. The lowest BCUT2D eigenvalue weighted by molar-refractivity contribution is 0.781. The van der Waals surface area contributed by atoms with Gasteiger partial charge in [0, 0.05) is 18.0 Å². The second kappa shape index (κ2) is 13.5. The highest BCUT2D eigenvalue weighted by Gasteiger charge is 2.21. The molecule has 0 saturated carbocycles. The zero-order valence-corrected chi connectivity index (χ0v) is 29.5. The van der Waals surface area contributed by atoms with Gasteiger partial charge in [0.2, 0.25) is 0 Å². The van der Waals surface area contributed by atoms with E-state index < -0.39 is 0 Å². The Kier molecular flexibility index (Phi) is 7.88. The van der Waals surface area contributed by atoms with Gasteiger partial charge in [0.05, 0.1) is 11.7 Å². The Morgan fingerprint density at radius 1 is 0.407 bits per heavy atom. The summed E-state index contributed by atoms with van der Waals surface area (Å²) in [5.74, 6) is 0.847. The molecule has 0 amide bonds. The maximum atomic E-state index is 5.30. The molecule has 1 unspecified atom stereocenters. The summed E-state index contributed by atoms with van der Waals surface area (Å²) >= 11 is 0. The van der Waals surface area contributed by atoms with Crippen molar-refractivity contribution in [1.82, 2.24) is 10.3 Å². The minimum Gasteiger partial charge on any atom is -0.359 e. The second-order valence-electron chi connectivity index (χ2n) is 13.9. The van der Waals surface area contributed by atoms with E-state index in [1.165, 1.54) is 54.6 Å². The molecule has 0 fully saturated rings. The van der Waals surface area contributed by atoms with Crippen LogP contribution in [0, 0.1) is 0 Å². The Morgan fingerprint density at radius 2 is 1.06 bits per heavy atom.